The summed E-state index contributed by atoms with van der Waals surface area (Å²) in [5, 5.41) is 0. The van der Waals surface area contributed by atoms with Crippen LogP contribution in [-0.2, 0) is 14.9 Å². The Morgan fingerprint density at radius 3 is 2.26 bits per heavy atom. The molecule has 2 saturated heterocycles. The molecule has 168 valence electrons. The van der Waals surface area contributed by atoms with Crippen LogP contribution in [0.4, 0.5) is 4.39 Å². The van der Waals surface area contributed by atoms with Crippen molar-refractivity contribution in [3.8, 4) is 5.75 Å². The summed E-state index contributed by atoms with van der Waals surface area (Å²) in [5.41, 5.74) is 7.29. The van der Waals surface area contributed by atoms with Gasteiger partial charge in [0.2, 0.25) is 5.91 Å². The van der Waals surface area contributed by atoms with E-state index in [0.717, 1.165) is 57.1 Å². The van der Waals surface area contributed by atoms with Gasteiger partial charge in [0.05, 0.1) is 31.6 Å². The van der Waals surface area contributed by atoms with Crippen LogP contribution in [0.15, 0.2) is 36.2 Å². The first-order chi connectivity index (χ1) is 15.1. The molecule has 5 nitrogen and oxygen atoms in total. The quantitative estimate of drug-likeness (QED) is 0.747. The lowest BCUT2D eigenvalue weighted by Crippen LogP contribution is -2.58. The molecule has 5 aliphatic rings. The summed E-state index contributed by atoms with van der Waals surface area (Å²) in [4.78, 5) is 15.9. The van der Waals surface area contributed by atoms with E-state index in [1.807, 2.05) is 12.1 Å². The predicted octanol–water partition coefficient (Wildman–Crippen LogP) is 3.86. The Hall–Kier alpha value is -1.92. The number of carbonyl (C=O) groups excluding carboxylic acids is 1. The standard InChI is InChI=1S/C25H33FN2O3/c26-13-18(14-27)15-31-22-5-1-19(2-6-22)24-7-10-25(11-8-24,12-9-24)23(29)28-20-3-4-21(28)17-30-16-20/h1-2,5-6,13,20-21H,3-4,7-12,14-17,27H2. The number of nitrogens with two attached hydrogens (primary N) is 1. The third-order valence-electron chi connectivity index (χ3n) is 8.48. The van der Waals surface area contributed by atoms with Crippen molar-refractivity contribution in [2.24, 2.45) is 11.1 Å². The van der Waals surface area contributed by atoms with Crippen molar-refractivity contribution in [3.05, 3.63) is 41.7 Å². The van der Waals surface area contributed by atoms with Gasteiger partial charge in [-0.25, -0.2) is 4.39 Å². The maximum Gasteiger partial charge on any atom is 0.229 e. The number of amides is 1. The summed E-state index contributed by atoms with van der Waals surface area (Å²) in [7, 11) is 0. The van der Waals surface area contributed by atoms with Gasteiger partial charge in [-0.2, -0.15) is 0 Å². The second-order valence-corrected chi connectivity index (χ2v) is 9.98. The van der Waals surface area contributed by atoms with Crippen molar-refractivity contribution in [1.29, 1.82) is 0 Å². The molecule has 2 unspecified atom stereocenters. The van der Waals surface area contributed by atoms with Gasteiger partial charge in [0.25, 0.3) is 0 Å². The maximum atomic E-state index is 13.7. The molecule has 4 bridgehead atoms. The second kappa shape index (κ2) is 8.21. The van der Waals surface area contributed by atoms with Crippen molar-refractivity contribution >= 4 is 5.91 Å². The van der Waals surface area contributed by atoms with Crippen molar-refractivity contribution in [2.75, 3.05) is 26.4 Å². The van der Waals surface area contributed by atoms with Gasteiger partial charge in [-0.15, -0.1) is 0 Å². The number of halogens is 1. The van der Waals surface area contributed by atoms with Crippen LogP contribution in [-0.4, -0.2) is 49.3 Å². The molecular formula is C25H33FN2O3. The van der Waals surface area contributed by atoms with E-state index in [4.69, 9.17) is 15.2 Å². The number of hydrogen-bond donors (Lipinski definition) is 1. The highest BCUT2D eigenvalue weighted by atomic mass is 19.1. The van der Waals surface area contributed by atoms with E-state index < -0.39 is 0 Å². The van der Waals surface area contributed by atoms with Crippen LogP contribution in [0.2, 0.25) is 0 Å². The third-order valence-corrected chi connectivity index (χ3v) is 8.48. The first-order valence-electron chi connectivity index (χ1n) is 11.7. The Balaban J connectivity index is 1.25. The van der Waals surface area contributed by atoms with Crippen LogP contribution in [0.1, 0.15) is 56.9 Å². The van der Waals surface area contributed by atoms with E-state index >= 15 is 0 Å². The fraction of sp³-hybridized carbons (Fsp3) is 0.640. The van der Waals surface area contributed by atoms with E-state index in [1.165, 1.54) is 5.56 Å². The van der Waals surface area contributed by atoms with Gasteiger partial charge in [0.1, 0.15) is 12.4 Å². The zero-order valence-corrected chi connectivity index (χ0v) is 18.2. The molecule has 0 spiro atoms. The highest BCUT2D eigenvalue weighted by Crippen LogP contribution is 2.59. The van der Waals surface area contributed by atoms with Crippen LogP contribution in [0, 0.1) is 5.41 Å². The van der Waals surface area contributed by atoms with E-state index in [1.54, 1.807) is 0 Å². The molecule has 1 amide bonds. The van der Waals surface area contributed by atoms with Crippen molar-refractivity contribution < 1.29 is 18.7 Å². The molecule has 1 aromatic rings. The fourth-order valence-corrected chi connectivity index (χ4v) is 6.39. The number of benzene rings is 1. The number of carbonyl (C=O) groups is 1. The molecule has 5 fully saturated rings. The van der Waals surface area contributed by atoms with E-state index in [2.05, 4.69) is 17.0 Å². The second-order valence-electron chi connectivity index (χ2n) is 9.98. The summed E-state index contributed by atoms with van der Waals surface area (Å²) in [5.74, 6) is 1.14. The molecule has 2 atom stereocenters. The maximum absolute atomic E-state index is 13.7. The molecule has 0 radical (unpaired) electrons. The van der Waals surface area contributed by atoms with Crippen molar-refractivity contribution in [3.63, 3.8) is 0 Å². The third kappa shape index (κ3) is 3.58. The van der Waals surface area contributed by atoms with E-state index in [0.29, 0.717) is 43.1 Å². The lowest BCUT2D eigenvalue weighted by molar-refractivity contribution is -0.159. The Labute approximate surface area is 183 Å². The summed E-state index contributed by atoms with van der Waals surface area (Å²) in [6.07, 6.45) is 8.89. The zero-order chi connectivity index (χ0) is 21.5. The highest BCUT2D eigenvalue weighted by Gasteiger charge is 2.56. The SMILES string of the molecule is NCC(=CF)COc1ccc(C23CCC(C(=O)N4C5CCC4COC5)(CC2)CC3)cc1. The van der Waals surface area contributed by atoms with Gasteiger partial charge >= 0.3 is 0 Å². The monoisotopic (exact) mass is 428 g/mol. The van der Waals surface area contributed by atoms with Crippen LogP contribution in [0.3, 0.4) is 0 Å². The number of nitrogens with zero attached hydrogens (tertiary/aromatic N) is 1. The molecule has 6 heteroatoms. The van der Waals surface area contributed by atoms with Crippen LogP contribution in [0.25, 0.3) is 0 Å². The molecule has 2 aliphatic heterocycles. The Morgan fingerprint density at radius 1 is 1.10 bits per heavy atom. The smallest absolute Gasteiger partial charge is 0.229 e. The molecule has 31 heavy (non-hydrogen) atoms. The number of morpholine rings is 1. The average molecular weight is 429 g/mol. The summed E-state index contributed by atoms with van der Waals surface area (Å²) in [6.45, 7) is 1.75. The molecule has 3 aliphatic carbocycles. The minimum Gasteiger partial charge on any atom is -0.489 e. The number of rotatable bonds is 6. The molecule has 6 rings (SSSR count). The van der Waals surface area contributed by atoms with Crippen LogP contribution >= 0.6 is 0 Å². The Morgan fingerprint density at radius 2 is 1.71 bits per heavy atom. The normalized spacial score (nSPS) is 34.8. The number of hydrogen-bond acceptors (Lipinski definition) is 4. The molecular weight excluding hydrogens is 395 g/mol. The average Bonchev–Trinajstić information content (AvgIpc) is 3.08. The number of ether oxygens (including phenoxy) is 2. The molecule has 0 aromatic heterocycles. The Kier molecular flexibility index (Phi) is 5.55. The Bertz CT molecular complexity index is 812. The van der Waals surface area contributed by atoms with E-state index in [-0.39, 0.29) is 24.0 Å². The summed E-state index contributed by atoms with van der Waals surface area (Å²) in [6, 6.07) is 8.85. The molecule has 1 aromatic carbocycles. The predicted molar refractivity (Wildman–Crippen MR) is 116 cm³/mol. The molecule has 2 heterocycles. The lowest BCUT2D eigenvalue weighted by Gasteiger charge is -2.54. The molecule has 3 saturated carbocycles. The van der Waals surface area contributed by atoms with Gasteiger partial charge in [0.15, 0.2) is 0 Å². The van der Waals surface area contributed by atoms with Gasteiger partial charge in [-0.3, -0.25) is 4.79 Å². The van der Waals surface area contributed by atoms with Crippen LogP contribution in [0.5, 0.6) is 5.75 Å². The first-order valence-corrected chi connectivity index (χ1v) is 11.7. The van der Waals surface area contributed by atoms with Crippen molar-refractivity contribution in [2.45, 2.75) is 68.9 Å². The first kappa shape index (κ1) is 21.0. The van der Waals surface area contributed by atoms with Crippen molar-refractivity contribution in [1.82, 2.24) is 4.90 Å². The van der Waals surface area contributed by atoms with Gasteiger partial charge < -0.3 is 20.1 Å². The van der Waals surface area contributed by atoms with Gasteiger partial charge in [-0.05, 0) is 74.5 Å². The van der Waals surface area contributed by atoms with Crippen LogP contribution < -0.4 is 10.5 Å². The minimum absolute atomic E-state index is 0.152. The molecule has 2 N–H and O–H groups in total. The summed E-state index contributed by atoms with van der Waals surface area (Å²) < 4.78 is 24.0. The fourth-order valence-electron chi connectivity index (χ4n) is 6.39. The minimum atomic E-state index is -0.152. The largest absolute Gasteiger partial charge is 0.489 e. The van der Waals surface area contributed by atoms with Gasteiger partial charge in [-0.1, -0.05) is 12.1 Å². The topological polar surface area (TPSA) is 64.8 Å². The summed E-state index contributed by atoms with van der Waals surface area (Å²) >= 11 is 0. The zero-order valence-electron chi connectivity index (χ0n) is 18.2. The van der Waals surface area contributed by atoms with Gasteiger partial charge in [0, 0.05) is 17.5 Å². The van der Waals surface area contributed by atoms with E-state index in [9.17, 15) is 9.18 Å². The lowest BCUT2D eigenvalue weighted by atomic mass is 9.51. The number of fused-ring (bicyclic) bond motifs is 5. The highest BCUT2D eigenvalue weighted by molar-refractivity contribution is 5.84.